The van der Waals surface area contributed by atoms with Gasteiger partial charge in [-0.05, 0) is 36.8 Å². The molecule has 1 aliphatic heterocycles. The first-order valence-corrected chi connectivity index (χ1v) is 8.48. The van der Waals surface area contributed by atoms with Crippen LogP contribution in [0.3, 0.4) is 0 Å². The van der Waals surface area contributed by atoms with Gasteiger partial charge in [-0.3, -0.25) is 4.79 Å². The van der Waals surface area contributed by atoms with Gasteiger partial charge in [-0.15, -0.1) is 0 Å². The molecule has 1 saturated heterocycles. The molecule has 2 aromatic carbocycles. The zero-order chi connectivity index (χ0) is 18.5. The van der Waals surface area contributed by atoms with Crippen LogP contribution in [0, 0.1) is 5.82 Å². The van der Waals surface area contributed by atoms with Gasteiger partial charge in [0.2, 0.25) is 0 Å². The molecule has 138 valence electrons. The average Bonchev–Trinajstić information content (AvgIpc) is 3.15. The van der Waals surface area contributed by atoms with Crippen LogP contribution >= 0.6 is 0 Å². The number of benzene rings is 2. The number of nitrogens with zero attached hydrogens (tertiary/aromatic N) is 1. The second-order valence-electron chi connectivity index (χ2n) is 6.18. The predicted octanol–water partition coefficient (Wildman–Crippen LogP) is 3.24. The summed E-state index contributed by atoms with van der Waals surface area (Å²) in [5.74, 6) is 1.59. The SMILES string of the molecule is COc1ccc(OC)c([C@H]2CCN(C(=O)COc3cccc(F)c3)C2)c1. The zero-order valence-electron chi connectivity index (χ0n) is 14.9. The van der Waals surface area contributed by atoms with Crippen LogP contribution in [0.2, 0.25) is 0 Å². The normalized spacial score (nSPS) is 16.4. The molecule has 1 heterocycles. The molecule has 1 aliphatic rings. The summed E-state index contributed by atoms with van der Waals surface area (Å²) in [6.45, 7) is 1.14. The van der Waals surface area contributed by atoms with Crippen LogP contribution in [0.1, 0.15) is 17.9 Å². The Labute approximate surface area is 152 Å². The van der Waals surface area contributed by atoms with E-state index in [1.807, 2.05) is 18.2 Å². The standard InChI is InChI=1S/C20H22FNO4/c1-24-16-6-7-19(25-2)18(11-16)14-8-9-22(12-14)20(23)13-26-17-5-3-4-15(21)10-17/h3-7,10-11,14H,8-9,12-13H2,1-2H3/t14-/m0/s1. The van der Waals surface area contributed by atoms with Crippen molar-refractivity contribution in [2.24, 2.45) is 0 Å². The Kier molecular flexibility index (Phi) is 5.61. The highest BCUT2D eigenvalue weighted by molar-refractivity contribution is 5.78. The topological polar surface area (TPSA) is 48.0 Å². The molecule has 2 aromatic rings. The van der Waals surface area contributed by atoms with E-state index in [2.05, 4.69) is 0 Å². The fourth-order valence-corrected chi connectivity index (χ4v) is 3.19. The van der Waals surface area contributed by atoms with Gasteiger partial charge in [-0.2, -0.15) is 0 Å². The van der Waals surface area contributed by atoms with E-state index in [4.69, 9.17) is 14.2 Å². The lowest BCUT2D eigenvalue weighted by Gasteiger charge is -2.18. The van der Waals surface area contributed by atoms with Gasteiger partial charge in [-0.25, -0.2) is 4.39 Å². The molecule has 5 nitrogen and oxygen atoms in total. The number of amides is 1. The zero-order valence-corrected chi connectivity index (χ0v) is 14.9. The molecule has 26 heavy (non-hydrogen) atoms. The number of carbonyl (C=O) groups is 1. The second kappa shape index (κ2) is 8.08. The minimum absolute atomic E-state index is 0.106. The third kappa shape index (κ3) is 4.07. The molecule has 0 spiro atoms. The Balaban J connectivity index is 1.62. The molecule has 0 aliphatic carbocycles. The summed E-state index contributed by atoms with van der Waals surface area (Å²) in [5.41, 5.74) is 1.04. The van der Waals surface area contributed by atoms with Gasteiger partial charge in [-0.1, -0.05) is 6.07 Å². The van der Waals surface area contributed by atoms with Crippen molar-refractivity contribution < 1.29 is 23.4 Å². The Bertz CT molecular complexity index is 780. The van der Waals surface area contributed by atoms with Crippen LogP contribution in [-0.4, -0.2) is 44.7 Å². The van der Waals surface area contributed by atoms with Crippen LogP contribution in [0.15, 0.2) is 42.5 Å². The summed E-state index contributed by atoms with van der Waals surface area (Å²) in [7, 11) is 3.26. The molecule has 1 fully saturated rings. The minimum atomic E-state index is -0.388. The first-order chi connectivity index (χ1) is 12.6. The third-order valence-electron chi connectivity index (χ3n) is 4.58. The van der Waals surface area contributed by atoms with Crippen LogP contribution in [0.4, 0.5) is 4.39 Å². The lowest BCUT2D eigenvalue weighted by Crippen LogP contribution is -2.32. The predicted molar refractivity (Wildman–Crippen MR) is 95.4 cm³/mol. The number of halogens is 1. The van der Waals surface area contributed by atoms with E-state index < -0.39 is 0 Å². The Morgan fingerprint density at radius 2 is 2.00 bits per heavy atom. The van der Waals surface area contributed by atoms with Crippen molar-refractivity contribution in [3.63, 3.8) is 0 Å². The smallest absolute Gasteiger partial charge is 0.260 e. The van der Waals surface area contributed by atoms with E-state index in [0.29, 0.717) is 18.8 Å². The maximum atomic E-state index is 13.2. The lowest BCUT2D eigenvalue weighted by molar-refractivity contribution is -0.132. The number of hydrogen-bond acceptors (Lipinski definition) is 4. The van der Waals surface area contributed by atoms with E-state index in [9.17, 15) is 9.18 Å². The van der Waals surface area contributed by atoms with Gasteiger partial charge in [0.25, 0.3) is 5.91 Å². The molecule has 1 amide bonds. The number of methoxy groups -OCH3 is 2. The maximum Gasteiger partial charge on any atom is 0.260 e. The highest BCUT2D eigenvalue weighted by Gasteiger charge is 2.29. The van der Waals surface area contributed by atoms with Gasteiger partial charge in [0.05, 0.1) is 14.2 Å². The Morgan fingerprint density at radius 3 is 2.73 bits per heavy atom. The molecule has 6 heteroatoms. The van der Waals surface area contributed by atoms with Crippen molar-refractivity contribution in [3.8, 4) is 17.2 Å². The van der Waals surface area contributed by atoms with E-state index in [0.717, 1.165) is 23.5 Å². The van der Waals surface area contributed by atoms with Gasteiger partial charge in [0.15, 0.2) is 6.61 Å². The lowest BCUT2D eigenvalue weighted by atomic mass is 9.97. The van der Waals surface area contributed by atoms with E-state index in [-0.39, 0.29) is 24.2 Å². The molecular weight excluding hydrogens is 337 g/mol. The highest BCUT2D eigenvalue weighted by atomic mass is 19.1. The van der Waals surface area contributed by atoms with E-state index in [1.54, 1.807) is 31.3 Å². The quantitative estimate of drug-likeness (QED) is 0.794. The number of likely N-dealkylation sites (tertiary alicyclic amines) is 1. The Hall–Kier alpha value is -2.76. The fourth-order valence-electron chi connectivity index (χ4n) is 3.19. The molecule has 0 unspecified atom stereocenters. The first-order valence-electron chi connectivity index (χ1n) is 8.48. The third-order valence-corrected chi connectivity index (χ3v) is 4.58. The summed E-state index contributed by atoms with van der Waals surface area (Å²) in [6, 6.07) is 11.5. The highest BCUT2D eigenvalue weighted by Crippen LogP contribution is 2.36. The number of ether oxygens (including phenoxy) is 3. The van der Waals surface area contributed by atoms with Gasteiger partial charge >= 0.3 is 0 Å². The minimum Gasteiger partial charge on any atom is -0.497 e. The molecule has 0 aromatic heterocycles. The van der Waals surface area contributed by atoms with E-state index in [1.165, 1.54) is 12.1 Å². The molecule has 3 rings (SSSR count). The molecular formula is C20H22FNO4. The van der Waals surface area contributed by atoms with Crippen molar-refractivity contribution in [2.45, 2.75) is 12.3 Å². The van der Waals surface area contributed by atoms with Crippen molar-refractivity contribution in [1.29, 1.82) is 0 Å². The molecule has 0 saturated carbocycles. The fraction of sp³-hybridized carbons (Fsp3) is 0.350. The summed E-state index contributed by atoms with van der Waals surface area (Å²) in [6.07, 6.45) is 0.842. The van der Waals surface area contributed by atoms with Gasteiger partial charge < -0.3 is 19.1 Å². The van der Waals surface area contributed by atoms with Gasteiger partial charge in [0.1, 0.15) is 23.1 Å². The first kappa shape index (κ1) is 18.0. The van der Waals surface area contributed by atoms with Crippen LogP contribution in [0.25, 0.3) is 0 Å². The summed E-state index contributed by atoms with van der Waals surface area (Å²) in [5, 5.41) is 0. The van der Waals surface area contributed by atoms with Crippen molar-refractivity contribution in [1.82, 2.24) is 4.90 Å². The molecule has 0 bridgehead atoms. The number of rotatable bonds is 6. The second-order valence-corrected chi connectivity index (χ2v) is 6.18. The molecule has 0 N–H and O–H groups in total. The van der Waals surface area contributed by atoms with Crippen LogP contribution in [0.5, 0.6) is 17.2 Å². The van der Waals surface area contributed by atoms with E-state index >= 15 is 0 Å². The largest absolute Gasteiger partial charge is 0.497 e. The van der Waals surface area contributed by atoms with Crippen molar-refractivity contribution in [2.75, 3.05) is 33.9 Å². The van der Waals surface area contributed by atoms with Gasteiger partial charge in [0, 0.05) is 30.6 Å². The molecule has 0 radical (unpaired) electrons. The monoisotopic (exact) mass is 359 g/mol. The van der Waals surface area contributed by atoms with Crippen molar-refractivity contribution in [3.05, 3.63) is 53.8 Å². The number of carbonyl (C=O) groups excluding carboxylic acids is 1. The number of hydrogen-bond donors (Lipinski definition) is 0. The van der Waals surface area contributed by atoms with Crippen molar-refractivity contribution >= 4 is 5.91 Å². The summed E-state index contributed by atoms with van der Waals surface area (Å²) in [4.78, 5) is 14.2. The summed E-state index contributed by atoms with van der Waals surface area (Å²) >= 11 is 0. The molecule has 1 atom stereocenters. The maximum absolute atomic E-state index is 13.2. The Morgan fingerprint density at radius 1 is 1.15 bits per heavy atom. The average molecular weight is 359 g/mol. The summed E-state index contributed by atoms with van der Waals surface area (Å²) < 4.78 is 29.3. The van der Waals surface area contributed by atoms with Crippen LogP contribution < -0.4 is 14.2 Å². The van der Waals surface area contributed by atoms with Crippen LogP contribution in [-0.2, 0) is 4.79 Å².